The predicted molar refractivity (Wildman–Crippen MR) is 106 cm³/mol. The van der Waals surface area contributed by atoms with Gasteiger partial charge in [0.05, 0.1) is 18.3 Å². The molecular weight excluding hydrogens is 470 g/mol. The average Bonchev–Trinajstić information content (AvgIpc) is 2.75. The van der Waals surface area contributed by atoms with E-state index in [1.165, 1.54) is 12.3 Å². The van der Waals surface area contributed by atoms with E-state index < -0.39 is 35.7 Å². The fraction of sp³-hybridized carbons (Fsp3) is 0.143. The third-order valence-corrected chi connectivity index (χ3v) is 4.71. The Hall–Kier alpha value is -4.16. The van der Waals surface area contributed by atoms with Crippen LogP contribution in [0.15, 0.2) is 65.8 Å². The standard InChI is InChI=1S/C21H12F6N4O3/c22-14-8-13(34-17-3-1-2-6-28-17)10-31(33)19(14)15-7-12-4-5-18(32)30(16(12)9-29-15)11-20(23,24)21(25,26)27/h1-10H,11H2. The summed E-state index contributed by atoms with van der Waals surface area (Å²) >= 11 is 0. The minimum Gasteiger partial charge on any atom is -0.618 e. The van der Waals surface area contributed by atoms with Gasteiger partial charge in [0.15, 0.2) is 5.75 Å². The van der Waals surface area contributed by atoms with Gasteiger partial charge >= 0.3 is 12.1 Å². The van der Waals surface area contributed by atoms with Crippen molar-refractivity contribution in [2.24, 2.45) is 0 Å². The first-order valence-corrected chi connectivity index (χ1v) is 9.42. The molecule has 0 radical (unpaired) electrons. The quantitative estimate of drug-likeness (QED) is 0.242. The summed E-state index contributed by atoms with van der Waals surface area (Å²) < 4.78 is 85.4. The Bertz CT molecular complexity index is 1400. The smallest absolute Gasteiger partial charge is 0.455 e. The van der Waals surface area contributed by atoms with E-state index >= 15 is 0 Å². The molecule has 0 bridgehead atoms. The Morgan fingerprint density at radius 2 is 1.82 bits per heavy atom. The highest BCUT2D eigenvalue weighted by Gasteiger charge is 2.57. The summed E-state index contributed by atoms with van der Waals surface area (Å²) in [5.41, 5.74) is -2.29. The lowest BCUT2D eigenvalue weighted by atomic mass is 10.1. The molecule has 0 aliphatic rings. The summed E-state index contributed by atoms with van der Waals surface area (Å²) in [7, 11) is 0. The zero-order valence-electron chi connectivity index (χ0n) is 16.8. The van der Waals surface area contributed by atoms with Gasteiger partial charge in [0.2, 0.25) is 17.9 Å². The molecular formula is C21H12F6N4O3. The summed E-state index contributed by atoms with van der Waals surface area (Å²) in [6, 6.07) is 8.62. The number of alkyl halides is 5. The topological polar surface area (TPSA) is 83.9 Å². The highest BCUT2D eigenvalue weighted by Crippen LogP contribution is 2.37. The molecule has 176 valence electrons. The second-order valence-electron chi connectivity index (χ2n) is 7.06. The highest BCUT2D eigenvalue weighted by molar-refractivity contribution is 5.81. The molecule has 0 fully saturated rings. The van der Waals surface area contributed by atoms with Gasteiger partial charge in [0.25, 0.3) is 11.3 Å². The molecule has 0 aliphatic heterocycles. The molecule has 4 aromatic heterocycles. The molecule has 34 heavy (non-hydrogen) atoms. The lowest BCUT2D eigenvalue weighted by Gasteiger charge is -2.21. The van der Waals surface area contributed by atoms with E-state index in [4.69, 9.17) is 4.74 Å². The second kappa shape index (κ2) is 8.32. The van der Waals surface area contributed by atoms with Crippen LogP contribution in [0.1, 0.15) is 0 Å². The number of rotatable bonds is 5. The Morgan fingerprint density at radius 1 is 1.06 bits per heavy atom. The number of nitrogens with zero attached hydrogens (tertiary/aromatic N) is 4. The van der Waals surface area contributed by atoms with Crippen molar-refractivity contribution in [3.05, 3.63) is 82.4 Å². The van der Waals surface area contributed by atoms with Gasteiger partial charge in [-0.05, 0) is 18.2 Å². The minimum atomic E-state index is -5.88. The maximum atomic E-state index is 14.8. The monoisotopic (exact) mass is 482 g/mol. The molecule has 0 N–H and O–H groups in total. The van der Waals surface area contributed by atoms with Crippen molar-refractivity contribution in [3.63, 3.8) is 0 Å². The number of halogens is 6. The van der Waals surface area contributed by atoms with Crippen molar-refractivity contribution in [3.8, 4) is 23.0 Å². The van der Waals surface area contributed by atoms with Crippen LogP contribution in [-0.4, -0.2) is 26.6 Å². The summed E-state index contributed by atoms with van der Waals surface area (Å²) in [6.07, 6.45) is -2.73. The van der Waals surface area contributed by atoms with Gasteiger partial charge in [-0.15, -0.1) is 0 Å². The molecule has 0 spiro atoms. The van der Waals surface area contributed by atoms with Crippen molar-refractivity contribution in [1.82, 2.24) is 14.5 Å². The van der Waals surface area contributed by atoms with Crippen molar-refractivity contribution in [1.29, 1.82) is 0 Å². The van der Waals surface area contributed by atoms with Gasteiger partial charge in [0.1, 0.15) is 5.69 Å². The highest BCUT2D eigenvalue weighted by atomic mass is 19.4. The van der Waals surface area contributed by atoms with Crippen molar-refractivity contribution >= 4 is 10.9 Å². The molecule has 0 aliphatic carbocycles. The van der Waals surface area contributed by atoms with Crippen LogP contribution in [0.4, 0.5) is 26.3 Å². The molecule has 0 saturated heterocycles. The van der Waals surface area contributed by atoms with Gasteiger partial charge < -0.3 is 14.5 Å². The van der Waals surface area contributed by atoms with E-state index in [2.05, 4.69) is 9.97 Å². The summed E-state index contributed by atoms with van der Waals surface area (Å²) in [5.74, 6) is -6.30. The lowest BCUT2D eigenvalue weighted by Crippen LogP contribution is -2.42. The zero-order chi connectivity index (χ0) is 24.7. The van der Waals surface area contributed by atoms with Gasteiger partial charge in [0, 0.05) is 29.8 Å². The number of pyridine rings is 4. The second-order valence-corrected chi connectivity index (χ2v) is 7.06. The SMILES string of the molecule is O=c1ccc2cc(-c3c(F)cc(Oc4ccccn4)c[n+]3[O-])ncc2n1CC(F)(F)C(F)(F)F. The minimum absolute atomic E-state index is 0.0178. The van der Waals surface area contributed by atoms with Gasteiger partial charge in [-0.25, -0.2) is 9.97 Å². The molecule has 0 atom stereocenters. The van der Waals surface area contributed by atoms with E-state index in [0.29, 0.717) is 0 Å². The molecule has 4 aromatic rings. The van der Waals surface area contributed by atoms with Crippen LogP contribution in [0.2, 0.25) is 0 Å². The molecule has 0 aromatic carbocycles. The maximum absolute atomic E-state index is 14.8. The van der Waals surface area contributed by atoms with Crippen LogP contribution < -0.4 is 15.0 Å². The van der Waals surface area contributed by atoms with Crippen molar-refractivity contribution in [2.75, 3.05) is 0 Å². The molecule has 0 saturated carbocycles. The number of fused-ring (bicyclic) bond motifs is 1. The third-order valence-electron chi connectivity index (χ3n) is 4.71. The van der Waals surface area contributed by atoms with Gasteiger partial charge in [-0.3, -0.25) is 4.79 Å². The van der Waals surface area contributed by atoms with Crippen LogP contribution in [0, 0.1) is 11.0 Å². The Balaban J connectivity index is 1.74. The van der Waals surface area contributed by atoms with Crippen molar-refractivity contribution in [2.45, 2.75) is 18.6 Å². The number of ether oxygens (including phenoxy) is 1. The predicted octanol–water partition coefficient (Wildman–Crippen LogP) is 4.22. The largest absolute Gasteiger partial charge is 0.618 e. The molecule has 4 heterocycles. The van der Waals surface area contributed by atoms with Crippen LogP contribution in [0.5, 0.6) is 11.6 Å². The number of hydrogen-bond donors (Lipinski definition) is 0. The van der Waals surface area contributed by atoms with Crippen LogP contribution in [0.25, 0.3) is 22.3 Å². The fourth-order valence-electron chi connectivity index (χ4n) is 3.11. The molecule has 13 heteroatoms. The normalized spacial score (nSPS) is 12.2. The summed E-state index contributed by atoms with van der Waals surface area (Å²) in [5, 5.41) is 12.4. The number of aromatic nitrogens is 4. The van der Waals surface area contributed by atoms with E-state index in [1.54, 1.807) is 12.1 Å². The Labute approximate surface area is 186 Å². The summed E-state index contributed by atoms with van der Waals surface area (Å²) in [4.78, 5) is 19.7. The van der Waals surface area contributed by atoms with Crippen LogP contribution >= 0.6 is 0 Å². The van der Waals surface area contributed by atoms with E-state index in [1.807, 2.05) is 0 Å². The van der Waals surface area contributed by atoms with Crippen molar-refractivity contribution < 1.29 is 35.8 Å². The first-order valence-electron chi connectivity index (χ1n) is 9.42. The molecule has 7 nitrogen and oxygen atoms in total. The van der Waals surface area contributed by atoms with E-state index in [9.17, 15) is 36.3 Å². The maximum Gasteiger partial charge on any atom is 0.455 e. The van der Waals surface area contributed by atoms with E-state index in [-0.39, 0.29) is 37.5 Å². The lowest BCUT2D eigenvalue weighted by molar-refractivity contribution is -0.595. The summed E-state index contributed by atoms with van der Waals surface area (Å²) in [6.45, 7) is -1.97. The van der Waals surface area contributed by atoms with Crippen LogP contribution in [-0.2, 0) is 6.54 Å². The molecule has 0 amide bonds. The zero-order valence-corrected chi connectivity index (χ0v) is 16.8. The first kappa shape index (κ1) is 23.0. The van der Waals surface area contributed by atoms with Crippen LogP contribution in [0.3, 0.4) is 0 Å². The molecule has 0 unspecified atom stereocenters. The van der Waals surface area contributed by atoms with Gasteiger partial charge in [-0.2, -0.15) is 31.1 Å². The first-order chi connectivity index (χ1) is 16.0. The molecule has 4 rings (SSSR count). The fourth-order valence-corrected chi connectivity index (χ4v) is 3.11. The number of hydrogen-bond acceptors (Lipinski definition) is 5. The van der Waals surface area contributed by atoms with E-state index in [0.717, 1.165) is 36.7 Å². The Kier molecular flexibility index (Phi) is 5.63. The van der Waals surface area contributed by atoms with Gasteiger partial charge in [-0.1, -0.05) is 6.07 Å². The average molecular weight is 482 g/mol. The Morgan fingerprint density at radius 3 is 2.47 bits per heavy atom. The third kappa shape index (κ3) is 4.36.